The van der Waals surface area contributed by atoms with E-state index in [4.69, 9.17) is 0 Å². The predicted octanol–water partition coefficient (Wildman–Crippen LogP) is 8.33. The first kappa shape index (κ1) is 21.1. The second-order valence-corrected chi connectivity index (χ2v) is 9.73. The quantitative estimate of drug-likeness (QED) is 0.248. The van der Waals surface area contributed by atoms with Gasteiger partial charge in [0, 0.05) is 10.5 Å². The molecule has 2 bridgehead atoms. The molecule has 0 amide bonds. The van der Waals surface area contributed by atoms with Gasteiger partial charge in [0.1, 0.15) is 0 Å². The van der Waals surface area contributed by atoms with Crippen LogP contribution in [0.4, 0.5) is 0 Å². The van der Waals surface area contributed by atoms with Gasteiger partial charge in [0.05, 0.1) is 0 Å². The zero-order valence-electron chi connectivity index (χ0n) is 16.9. The molecule has 4 atom stereocenters. The molecule has 2 aliphatic heterocycles. The van der Waals surface area contributed by atoms with Crippen molar-refractivity contribution < 1.29 is 0 Å². The summed E-state index contributed by atoms with van der Waals surface area (Å²) >= 11 is 2.33. The number of allylic oxidation sites excluding steroid dienone is 4. The van der Waals surface area contributed by atoms with Crippen molar-refractivity contribution in [3.05, 3.63) is 24.3 Å². The average Bonchev–Trinajstić information content (AvgIpc) is 2.64. The Labute approximate surface area is 162 Å². The first-order valence-electron chi connectivity index (χ1n) is 11.3. The molecule has 1 heteroatoms. The summed E-state index contributed by atoms with van der Waals surface area (Å²) in [5, 5.41) is 1.83. The fourth-order valence-corrected chi connectivity index (χ4v) is 6.29. The van der Waals surface area contributed by atoms with Crippen molar-refractivity contribution in [2.75, 3.05) is 0 Å². The molecule has 0 radical (unpaired) electrons. The Kier molecular flexibility index (Phi) is 11.0. The highest BCUT2D eigenvalue weighted by Crippen LogP contribution is 2.48. The Morgan fingerprint density at radius 1 is 0.640 bits per heavy atom. The summed E-state index contributed by atoms with van der Waals surface area (Å²) in [5.74, 6) is 1.73. The van der Waals surface area contributed by atoms with E-state index in [1.807, 2.05) is 0 Å². The third-order valence-corrected chi connectivity index (χ3v) is 7.96. The van der Waals surface area contributed by atoms with Crippen molar-refractivity contribution in [1.29, 1.82) is 0 Å². The van der Waals surface area contributed by atoms with Crippen molar-refractivity contribution in [2.45, 2.75) is 114 Å². The van der Waals surface area contributed by atoms with Crippen LogP contribution >= 0.6 is 11.8 Å². The number of hydrogen-bond donors (Lipinski definition) is 0. The van der Waals surface area contributed by atoms with Gasteiger partial charge in [-0.1, -0.05) is 76.7 Å². The smallest absolute Gasteiger partial charge is 0.0113 e. The summed E-state index contributed by atoms with van der Waals surface area (Å²) in [6.45, 7) is 4.59. The molecule has 2 aliphatic rings. The van der Waals surface area contributed by atoms with Gasteiger partial charge in [0.15, 0.2) is 0 Å². The van der Waals surface area contributed by atoms with Crippen LogP contribution in [0.3, 0.4) is 0 Å². The predicted molar refractivity (Wildman–Crippen MR) is 116 cm³/mol. The molecular formula is C24H42S. The number of hydrogen-bond acceptors (Lipinski definition) is 1. The number of thioether (sulfide) groups is 1. The molecule has 0 aliphatic carbocycles. The molecule has 0 N–H and O–H groups in total. The van der Waals surface area contributed by atoms with Crippen LogP contribution in [-0.2, 0) is 0 Å². The second-order valence-electron chi connectivity index (χ2n) is 8.25. The SMILES string of the molecule is CCCCCC/C=C/C1CCC2SC1CCC2/C=C/CCCCCC. The molecule has 2 fully saturated rings. The molecule has 0 saturated carbocycles. The van der Waals surface area contributed by atoms with E-state index in [0.717, 1.165) is 22.3 Å². The van der Waals surface area contributed by atoms with E-state index in [1.165, 1.54) is 89.9 Å². The van der Waals surface area contributed by atoms with E-state index >= 15 is 0 Å². The summed E-state index contributed by atoms with van der Waals surface area (Å²) in [7, 11) is 0. The molecule has 2 heterocycles. The number of fused-ring (bicyclic) bond motifs is 2. The molecule has 2 saturated heterocycles. The Morgan fingerprint density at radius 2 is 1.12 bits per heavy atom. The summed E-state index contributed by atoms with van der Waals surface area (Å²) in [6, 6.07) is 0. The lowest BCUT2D eigenvalue weighted by Crippen LogP contribution is -2.35. The van der Waals surface area contributed by atoms with Crippen LogP contribution < -0.4 is 0 Å². The molecule has 2 rings (SSSR count). The summed E-state index contributed by atoms with van der Waals surface area (Å²) in [6.07, 6.45) is 29.7. The summed E-state index contributed by atoms with van der Waals surface area (Å²) in [4.78, 5) is 0. The highest BCUT2D eigenvalue weighted by atomic mass is 32.2. The molecular weight excluding hydrogens is 320 g/mol. The van der Waals surface area contributed by atoms with E-state index in [1.54, 1.807) is 0 Å². The summed E-state index contributed by atoms with van der Waals surface area (Å²) < 4.78 is 0. The van der Waals surface area contributed by atoms with Gasteiger partial charge in [-0.25, -0.2) is 0 Å². The largest absolute Gasteiger partial charge is 0.154 e. The van der Waals surface area contributed by atoms with Crippen LogP contribution in [0.2, 0.25) is 0 Å². The van der Waals surface area contributed by atoms with E-state index < -0.39 is 0 Å². The molecule has 0 aromatic heterocycles. The van der Waals surface area contributed by atoms with Gasteiger partial charge >= 0.3 is 0 Å². The minimum absolute atomic E-state index is 0.867. The van der Waals surface area contributed by atoms with Gasteiger partial charge in [0.25, 0.3) is 0 Å². The maximum atomic E-state index is 2.59. The fourth-order valence-electron chi connectivity index (χ4n) is 4.44. The van der Waals surface area contributed by atoms with Crippen LogP contribution in [0.15, 0.2) is 24.3 Å². The molecule has 144 valence electrons. The minimum atomic E-state index is 0.867. The van der Waals surface area contributed by atoms with Crippen LogP contribution in [0, 0.1) is 11.8 Å². The van der Waals surface area contributed by atoms with Crippen LogP contribution in [0.1, 0.15) is 104 Å². The van der Waals surface area contributed by atoms with Gasteiger partial charge < -0.3 is 0 Å². The second kappa shape index (κ2) is 13.1. The highest BCUT2D eigenvalue weighted by molar-refractivity contribution is 8.00. The summed E-state index contributed by atoms with van der Waals surface area (Å²) in [5.41, 5.74) is 0. The lowest BCUT2D eigenvalue weighted by Gasteiger charge is -2.42. The third kappa shape index (κ3) is 7.94. The van der Waals surface area contributed by atoms with Gasteiger partial charge in [0.2, 0.25) is 0 Å². The van der Waals surface area contributed by atoms with Crippen LogP contribution in [-0.4, -0.2) is 10.5 Å². The topological polar surface area (TPSA) is 0 Å². The molecule has 0 aromatic carbocycles. The number of unbranched alkanes of at least 4 members (excludes halogenated alkanes) is 8. The van der Waals surface area contributed by atoms with E-state index in [0.29, 0.717) is 0 Å². The first-order valence-corrected chi connectivity index (χ1v) is 12.3. The van der Waals surface area contributed by atoms with Crippen molar-refractivity contribution in [2.24, 2.45) is 11.8 Å². The van der Waals surface area contributed by atoms with Crippen molar-refractivity contribution in [1.82, 2.24) is 0 Å². The molecule has 4 unspecified atom stereocenters. The van der Waals surface area contributed by atoms with Crippen molar-refractivity contribution >= 4 is 11.8 Å². The fraction of sp³-hybridized carbons (Fsp3) is 0.833. The molecule has 0 nitrogen and oxygen atoms in total. The first-order chi connectivity index (χ1) is 12.3. The minimum Gasteiger partial charge on any atom is -0.154 e. The lowest BCUT2D eigenvalue weighted by molar-refractivity contribution is 0.376. The lowest BCUT2D eigenvalue weighted by atomic mass is 9.83. The number of rotatable bonds is 12. The molecule has 0 spiro atoms. The Hall–Kier alpha value is -0.170. The maximum Gasteiger partial charge on any atom is 0.0113 e. The van der Waals surface area contributed by atoms with Gasteiger partial charge in [-0.05, 0) is 63.2 Å². The Balaban J connectivity index is 1.65. The molecule has 25 heavy (non-hydrogen) atoms. The van der Waals surface area contributed by atoms with Gasteiger partial charge in [-0.15, -0.1) is 0 Å². The normalized spacial score (nSPS) is 29.7. The Bertz CT molecular complexity index is 348. The standard InChI is InChI=1S/C24H42S/c1-3-5-7-9-11-13-15-21-17-19-24-22(18-20-23(21)25-24)16-14-12-10-8-6-4-2/h13-16,21-24H,3-12,17-20H2,1-2H3/b15-13+,16-14+. The van der Waals surface area contributed by atoms with Crippen molar-refractivity contribution in [3.8, 4) is 0 Å². The van der Waals surface area contributed by atoms with Gasteiger partial charge in [-0.3, -0.25) is 0 Å². The average molecular weight is 363 g/mol. The highest BCUT2D eigenvalue weighted by Gasteiger charge is 2.36. The van der Waals surface area contributed by atoms with E-state index in [2.05, 4.69) is 49.9 Å². The van der Waals surface area contributed by atoms with Crippen LogP contribution in [0.5, 0.6) is 0 Å². The zero-order chi connectivity index (χ0) is 17.7. The van der Waals surface area contributed by atoms with E-state index in [9.17, 15) is 0 Å². The third-order valence-electron chi connectivity index (χ3n) is 6.09. The molecule has 0 aromatic rings. The maximum absolute atomic E-state index is 2.59. The Morgan fingerprint density at radius 3 is 1.56 bits per heavy atom. The zero-order valence-corrected chi connectivity index (χ0v) is 17.7. The van der Waals surface area contributed by atoms with E-state index in [-0.39, 0.29) is 0 Å². The van der Waals surface area contributed by atoms with Crippen LogP contribution in [0.25, 0.3) is 0 Å². The van der Waals surface area contributed by atoms with Gasteiger partial charge in [-0.2, -0.15) is 11.8 Å². The van der Waals surface area contributed by atoms with Crippen molar-refractivity contribution in [3.63, 3.8) is 0 Å². The monoisotopic (exact) mass is 362 g/mol.